The van der Waals surface area contributed by atoms with Gasteiger partial charge in [-0.05, 0) is 36.4 Å². The van der Waals surface area contributed by atoms with Gasteiger partial charge in [0, 0.05) is 11.9 Å². The lowest BCUT2D eigenvalue weighted by molar-refractivity contribution is -0.119. The van der Waals surface area contributed by atoms with Crippen LogP contribution in [0.15, 0.2) is 48.7 Å². The van der Waals surface area contributed by atoms with Crippen molar-refractivity contribution in [2.24, 2.45) is 0 Å². The SMILES string of the molecule is N#Cc1ccc(NC(=O)COC(=O)c2ccccn2)cc1. The summed E-state index contributed by atoms with van der Waals surface area (Å²) in [5, 5.41) is 11.2. The van der Waals surface area contributed by atoms with Crippen molar-refractivity contribution in [1.82, 2.24) is 4.98 Å². The van der Waals surface area contributed by atoms with Crippen LogP contribution in [0.4, 0.5) is 5.69 Å². The van der Waals surface area contributed by atoms with E-state index in [1.54, 1.807) is 36.4 Å². The molecule has 0 aliphatic carbocycles. The Balaban J connectivity index is 1.85. The Morgan fingerprint density at radius 3 is 2.57 bits per heavy atom. The van der Waals surface area contributed by atoms with Gasteiger partial charge in [0.2, 0.25) is 0 Å². The van der Waals surface area contributed by atoms with Crippen LogP contribution >= 0.6 is 0 Å². The molecular formula is C15H11N3O3. The highest BCUT2D eigenvalue weighted by atomic mass is 16.5. The molecule has 104 valence electrons. The van der Waals surface area contributed by atoms with Crippen molar-refractivity contribution < 1.29 is 14.3 Å². The first-order valence-electron chi connectivity index (χ1n) is 6.07. The molecular weight excluding hydrogens is 270 g/mol. The van der Waals surface area contributed by atoms with Crippen LogP contribution in [-0.4, -0.2) is 23.5 Å². The third-order valence-electron chi connectivity index (χ3n) is 2.51. The summed E-state index contributed by atoms with van der Waals surface area (Å²) in [6.07, 6.45) is 1.47. The van der Waals surface area contributed by atoms with Gasteiger partial charge in [-0.1, -0.05) is 6.07 Å². The summed E-state index contributed by atoms with van der Waals surface area (Å²) in [4.78, 5) is 27.0. The summed E-state index contributed by atoms with van der Waals surface area (Å²) in [6, 6.07) is 13.2. The summed E-state index contributed by atoms with van der Waals surface area (Å²) >= 11 is 0. The van der Waals surface area contributed by atoms with E-state index in [2.05, 4.69) is 10.3 Å². The second-order valence-corrected chi connectivity index (χ2v) is 4.03. The summed E-state index contributed by atoms with van der Waals surface area (Å²) in [5.74, 6) is -1.13. The average Bonchev–Trinajstić information content (AvgIpc) is 2.54. The first kappa shape index (κ1) is 14.2. The van der Waals surface area contributed by atoms with Crippen LogP contribution in [0.1, 0.15) is 16.1 Å². The van der Waals surface area contributed by atoms with Gasteiger partial charge in [-0.15, -0.1) is 0 Å². The molecule has 0 bridgehead atoms. The van der Waals surface area contributed by atoms with Gasteiger partial charge in [0.25, 0.3) is 5.91 Å². The molecule has 1 amide bonds. The van der Waals surface area contributed by atoms with Gasteiger partial charge in [-0.2, -0.15) is 5.26 Å². The van der Waals surface area contributed by atoms with Crippen molar-refractivity contribution in [3.63, 3.8) is 0 Å². The van der Waals surface area contributed by atoms with E-state index < -0.39 is 18.5 Å². The molecule has 0 spiro atoms. The van der Waals surface area contributed by atoms with Gasteiger partial charge in [-0.25, -0.2) is 9.78 Å². The number of carbonyl (C=O) groups excluding carboxylic acids is 2. The zero-order valence-corrected chi connectivity index (χ0v) is 10.9. The van der Waals surface area contributed by atoms with Crippen LogP contribution in [0.2, 0.25) is 0 Å². The Hall–Kier alpha value is -3.20. The summed E-state index contributed by atoms with van der Waals surface area (Å²) in [5.41, 5.74) is 1.16. The van der Waals surface area contributed by atoms with Gasteiger partial charge in [-0.3, -0.25) is 4.79 Å². The third kappa shape index (κ3) is 4.14. The number of nitriles is 1. The lowest BCUT2D eigenvalue weighted by Gasteiger charge is -2.06. The second-order valence-electron chi connectivity index (χ2n) is 4.03. The summed E-state index contributed by atoms with van der Waals surface area (Å²) < 4.78 is 4.84. The molecule has 2 aromatic rings. The topological polar surface area (TPSA) is 92.1 Å². The molecule has 21 heavy (non-hydrogen) atoms. The number of hydrogen-bond donors (Lipinski definition) is 1. The van der Waals surface area contributed by atoms with Crippen LogP contribution in [0, 0.1) is 11.3 Å². The lowest BCUT2D eigenvalue weighted by atomic mass is 10.2. The molecule has 0 atom stereocenters. The fourth-order valence-electron chi connectivity index (χ4n) is 1.51. The molecule has 1 aromatic heterocycles. The van der Waals surface area contributed by atoms with Crippen molar-refractivity contribution >= 4 is 17.6 Å². The summed E-state index contributed by atoms with van der Waals surface area (Å²) in [6.45, 7) is -0.407. The van der Waals surface area contributed by atoms with Crippen molar-refractivity contribution in [1.29, 1.82) is 5.26 Å². The van der Waals surface area contributed by atoms with Gasteiger partial charge in [0.1, 0.15) is 5.69 Å². The van der Waals surface area contributed by atoms with Crippen LogP contribution in [0.25, 0.3) is 0 Å². The Kier molecular flexibility index (Phi) is 4.62. The Labute approximate surface area is 121 Å². The van der Waals surface area contributed by atoms with Crippen LogP contribution in [0.5, 0.6) is 0 Å². The molecule has 6 nitrogen and oxygen atoms in total. The van der Waals surface area contributed by atoms with E-state index in [4.69, 9.17) is 10.00 Å². The second kappa shape index (κ2) is 6.82. The van der Waals surface area contributed by atoms with Gasteiger partial charge in [0.15, 0.2) is 6.61 Å². The van der Waals surface area contributed by atoms with E-state index in [9.17, 15) is 9.59 Å². The number of benzene rings is 1. The van der Waals surface area contributed by atoms with E-state index in [1.807, 2.05) is 6.07 Å². The van der Waals surface area contributed by atoms with Crippen molar-refractivity contribution in [2.45, 2.75) is 0 Å². The molecule has 0 unspecified atom stereocenters. The Bertz CT molecular complexity index is 676. The molecule has 0 radical (unpaired) electrons. The minimum Gasteiger partial charge on any atom is -0.451 e. The van der Waals surface area contributed by atoms with Gasteiger partial charge in [0.05, 0.1) is 11.6 Å². The van der Waals surface area contributed by atoms with E-state index in [1.165, 1.54) is 12.3 Å². The zero-order chi connectivity index (χ0) is 15.1. The molecule has 6 heteroatoms. The average molecular weight is 281 g/mol. The maximum atomic E-state index is 11.6. The number of nitrogens with zero attached hydrogens (tertiary/aromatic N) is 2. The number of esters is 1. The zero-order valence-electron chi connectivity index (χ0n) is 10.9. The molecule has 1 aromatic carbocycles. The fourth-order valence-corrected chi connectivity index (χ4v) is 1.51. The van der Waals surface area contributed by atoms with Crippen molar-refractivity contribution in [3.8, 4) is 6.07 Å². The largest absolute Gasteiger partial charge is 0.451 e. The number of hydrogen-bond acceptors (Lipinski definition) is 5. The normalized spacial score (nSPS) is 9.48. The number of pyridine rings is 1. The smallest absolute Gasteiger partial charge is 0.357 e. The third-order valence-corrected chi connectivity index (χ3v) is 2.51. The minimum absolute atomic E-state index is 0.142. The number of rotatable bonds is 4. The van der Waals surface area contributed by atoms with Crippen molar-refractivity contribution in [2.75, 3.05) is 11.9 Å². The molecule has 1 heterocycles. The Morgan fingerprint density at radius 2 is 1.95 bits per heavy atom. The molecule has 0 saturated carbocycles. The number of aromatic nitrogens is 1. The highest BCUT2D eigenvalue weighted by Gasteiger charge is 2.10. The molecule has 0 aliphatic heterocycles. The minimum atomic E-state index is -0.662. The number of nitrogens with one attached hydrogen (secondary N) is 1. The first-order valence-corrected chi connectivity index (χ1v) is 6.07. The van der Waals surface area contributed by atoms with Gasteiger partial charge >= 0.3 is 5.97 Å². The maximum Gasteiger partial charge on any atom is 0.357 e. The van der Waals surface area contributed by atoms with E-state index >= 15 is 0 Å². The number of anilines is 1. The van der Waals surface area contributed by atoms with Gasteiger partial charge < -0.3 is 10.1 Å². The van der Waals surface area contributed by atoms with E-state index in [0.29, 0.717) is 11.3 Å². The van der Waals surface area contributed by atoms with E-state index in [-0.39, 0.29) is 5.69 Å². The molecule has 0 saturated heterocycles. The predicted molar refractivity (Wildman–Crippen MR) is 74.3 cm³/mol. The van der Waals surface area contributed by atoms with Crippen LogP contribution in [-0.2, 0) is 9.53 Å². The van der Waals surface area contributed by atoms with E-state index in [0.717, 1.165) is 0 Å². The quantitative estimate of drug-likeness (QED) is 0.862. The Morgan fingerprint density at radius 1 is 1.19 bits per heavy atom. The highest BCUT2D eigenvalue weighted by molar-refractivity contribution is 5.94. The van der Waals surface area contributed by atoms with Crippen molar-refractivity contribution in [3.05, 3.63) is 59.9 Å². The molecule has 0 aliphatic rings. The van der Waals surface area contributed by atoms with Crippen LogP contribution in [0.3, 0.4) is 0 Å². The highest BCUT2D eigenvalue weighted by Crippen LogP contribution is 2.08. The number of carbonyl (C=O) groups is 2. The number of amides is 1. The summed E-state index contributed by atoms with van der Waals surface area (Å²) in [7, 11) is 0. The standard InChI is InChI=1S/C15H11N3O3/c16-9-11-4-6-12(7-5-11)18-14(19)10-21-15(20)13-3-1-2-8-17-13/h1-8H,10H2,(H,18,19). The fraction of sp³-hybridized carbons (Fsp3) is 0.0667. The molecule has 1 N–H and O–H groups in total. The molecule has 0 fully saturated rings. The number of ether oxygens (including phenoxy) is 1. The first-order chi connectivity index (χ1) is 10.2. The maximum absolute atomic E-state index is 11.6. The molecule has 2 rings (SSSR count). The monoisotopic (exact) mass is 281 g/mol. The lowest BCUT2D eigenvalue weighted by Crippen LogP contribution is -2.21. The van der Waals surface area contributed by atoms with Crippen LogP contribution < -0.4 is 5.32 Å². The predicted octanol–water partition coefficient (Wildman–Crippen LogP) is 1.75.